The van der Waals surface area contributed by atoms with Crippen LogP contribution < -0.4 is 14.5 Å². The summed E-state index contributed by atoms with van der Waals surface area (Å²) in [7, 11) is 0. The standard InChI is InChI=1S/C25H28N2O5/c1-14-12-20(15(2)16(3)22(14)32-25(4,5)23(29)30)27-21(28)13-26(24(27)31)19-10-8-18(9-11-19)17-6-7-17/h8-12,17H,6-7,13H2,1-5H3,(H,29,30). The van der Waals surface area contributed by atoms with E-state index in [2.05, 4.69) is 0 Å². The van der Waals surface area contributed by atoms with Crippen LogP contribution in [0.15, 0.2) is 30.3 Å². The minimum absolute atomic E-state index is 0.0244. The number of urea groups is 1. The van der Waals surface area contributed by atoms with E-state index < -0.39 is 17.6 Å². The number of benzene rings is 2. The van der Waals surface area contributed by atoms with Crippen LogP contribution in [-0.2, 0) is 9.59 Å². The van der Waals surface area contributed by atoms with Gasteiger partial charge in [0.25, 0.3) is 5.91 Å². The number of rotatable bonds is 6. The van der Waals surface area contributed by atoms with Crippen LogP contribution in [0.5, 0.6) is 5.75 Å². The van der Waals surface area contributed by atoms with Crippen LogP contribution in [0.4, 0.5) is 16.2 Å². The van der Waals surface area contributed by atoms with Gasteiger partial charge in [-0.15, -0.1) is 0 Å². The van der Waals surface area contributed by atoms with Crippen LogP contribution in [0, 0.1) is 20.8 Å². The van der Waals surface area contributed by atoms with Gasteiger partial charge < -0.3 is 9.84 Å². The van der Waals surface area contributed by atoms with Gasteiger partial charge in [-0.1, -0.05) is 12.1 Å². The van der Waals surface area contributed by atoms with E-state index in [-0.39, 0.29) is 12.5 Å². The summed E-state index contributed by atoms with van der Waals surface area (Å²) in [6, 6.07) is 9.18. The molecule has 2 aromatic rings. The van der Waals surface area contributed by atoms with Crippen molar-refractivity contribution < 1.29 is 24.2 Å². The summed E-state index contributed by atoms with van der Waals surface area (Å²) in [5.41, 5.74) is 3.10. The number of aliphatic carboxylic acids is 1. The number of nitrogens with zero attached hydrogens (tertiary/aromatic N) is 2. The molecule has 1 saturated carbocycles. The number of carboxylic acid groups (broad SMARTS) is 1. The Labute approximate surface area is 187 Å². The molecular weight excluding hydrogens is 408 g/mol. The number of carboxylic acids is 1. The SMILES string of the molecule is Cc1cc(N2C(=O)CN(c3ccc(C4CC4)cc3)C2=O)c(C)c(C)c1OC(C)(C)C(=O)O. The molecule has 0 bridgehead atoms. The zero-order valence-corrected chi connectivity index (χ0v) is 19.1. The zero-order valence-electron chi connectivity index (χ0n) is 19.1. The number of hydrogen-bond acceptors (Lipinski definition) is 4. The van der Waals surface area contributed by atoms with Crippen LogP contribution in [0.25, 0.3) is 0 Å². The Kier molecular flexibility index (Phi) is 5.23. The zero-order chi connectivity index (χ0) is 23.4. The van der Waals surface area contributed by atoms with E-state index in [4.69, 9.17) is 4.74 Å². The summed E-state index contributed by atoms with van der Waals surface area (Å²) in [5.74, 6) is -0.309. The van der Waals surface area contributed by atoms with Crippen molar-refractivity contribution in [2.75, 3.05) is 16.3 Å². The molecule has 1 heterocycles. The highest BCUT2D eigenvalue weighted by Gasteiger charge is 2.40. The maximum absolute atomic E-state index is 13.2. The van der Waals surface area contributed by atoms with Gasteiger partial charge in [-0.2, -0.15) is 0 Å². The molecule has 2 aliphatic rings. The highest BCUT2D eigenvalue weighted by Crippen LogP contribution is 2.41. The Balaban J connectivity index is 1.65. The quantitative estimate of drug-likeness (QED) is 0.663. The lowest BCUT2D eigenvalue weighted by Gasteiger charge is -2.27. The van der Waals surface area contributed by atoms with E-state index in [9.17, 15) is 19.5 Å². The monoisotopic (exact) mass is 436 g/mol. The molecule has 168 valence electrons. The minimum Gasteiger partial charge on any atom is -0.478 e. The molecule has 1 N–H and O–H groups in total. The van der Waals surface area contributed by atoms with Crippen molar-refractivity contribution in [2.24, 2.45) is 0 Å². The van der Waals surface area contributed by atoms with Gasteiger partial charge in [0.05, 0.1) is 5.69 Å². The van der Waals surface area contributed by atoms with E-state index in [0.717, 1.165) is 0 Å². The summed E-state index contributed by atoms with van der Waals surface area (Å²) in [6.45, 7) is 8.33. The van der Waals surface area contributed by atoms with Gasteiger partial charge in [0.2, 0.25) is 0 Å². The summed E-state index contributed by atoms with van der Waals surface area (Å²) in [4.78, 5) is 40.3. The number of carbonyl (C=O) groups excluding carboxylic acids is 2. The first-order chi connectivity index (χ1) is 15.0. The Hall–Kier alpha value is -3.35. The highest BCUT2D eigenvalue weighted by molar-refractivity contribution is 6.27. The summed E-state index contributed by atoms with van der Waals surface area (Å²) < 4.78 is 5.80. The molecule has 1 aliphatic heterocycles. The Morgan fingerprint density at radius 1 is 1.06 bits per heavy atom. The first kappa shape index (κ1) is 21.9. The van der Waals surface area contributed by atoms with E-state index in [1.54, 1.807) is 26.8 Å². The van der Waals surface area contributed by atoms with Gasteiger partial charge >= 0.3 is 12.0 Å². The van der Waals surface area contributed by atoms with Crippen molar-refractivity contribution >= 4 is 29.3 Å². The molecule has 0 radical (unpaired) electrons. The van der Waals surface area contributed by atoms with Crippen LogP contribution >= 0.6 is 0 Å². The first-order valence-electron chi connectivity index (χ1n) is 10.8. The second-order valence-corrected chi connectivity index (χ2v) is 9.17. The minimum atomic E-state index is -1.41. The molecule has 0 unspecified atom stereocenters. The summed E-state index contributed by atoms with van der Waals surface area (Å²) in [6.07, 6.45) is 2.41. The number of carbonyl (C=O) groups is 3. The van der Waals surface area contributed by atoms with Crippen LogP contribution in [-0.4, -0.2) is 35.2 Å². The van der Waals surface area contributed by atoms with Crippen LogP contribution in [0.3, 0.4) is 0 Å². The Bertz CT molecular complexity index is 1120. The highest BCUT2D eigenvalue weighted by atomic mass is 16.5. The third-order valence-corrected chi connectivity index (χ3v) is 6.33. The molecule has 3 amide bonds. The van der Waals surface area contributed by atoms with Gasteiger partial charge in [-0.3, -0.25) is 9.69 Å². The molecule has 32 heavy (non-hydrogen) atoms. The van der Waals surface area contributed by atoms with Crippen molar-refractivity contribution in [1.29, 1.82) is 0 Å². The average molecular weight is 437 g/mol. The molecule has 0 atom stereocenters. The second-order valence-electron chi connectivity index (χ2n) is 9.17. The second kappa shape index (κ2) is 7.65. The lowest BCUT2D eigenvalue weighted by molar-refractivity contribution is -0.152. The molecule has 0 spiro atoms. The van der Waals surface area contributed by atoms with Crippen molar-refractivity contribution in [2.45, 2.75) is 59.0 Å². The summed E-state index contributed by atoms with van der Waals surface area (Å²) >= 11 is 0. The molecule has 1 aliphatic carbocycles. The largest absolute Gasteiger partial charge is 0.478 e. The van der Waals surface area contributed by atoms with E-state index in [1.165, 1.54) is 42.1 Å². The predicted molar refractivity (Wildman–Crippen MR) is 122 cm³/mol. The fourth-order valence-electron chi connectivity index (χ4n) is 4.01. The van der Waals surface area contributed by atoms with E-state index >= 15 is 0 Å². The predicted octanol–water partition coefficient (Wildman–Crippen LogP) is 4.70. The number of aryl methyl sites for hydroxylation is 1. The molecule has 1 saturated heterocycles. The van der Waals surface area contributed by atoms with Crippen LogP contribution in [0.1, 0.15) is 54.9 Å². The number of imide groups is 1. The fraction of sp³-hybridized carbons (Fsp3) is 0.400. The molecule has 7 nitrogen and oxygen atoms in total. The number of anilines is 2. The molecular formula is C25H28N2O5. The molecule has 2 aromatic carbocycles. The van der Waals surface area contributed by atoms with Gasteiger partial charge in [0.15, 0.2) is 5.60 Å². The molecule has 2 fully saturated rings. The van der Waals surface area contributed by atoms with Crippen LogP contribution in [0.2, 0.25) is 0 Å². The normalized spacial score (nSPS) is 16.7. The van der Waals surface area contributed by atoms with Gasteiger partial charge in [-0.05, 0) is 93.8 Å². The average Bonchev–Trinajstić information content (AvgIpc) is 3.54. The number of amides is 3. The lowest BCUT2D eigenvalue weighted by atomic mass is 10.0. The number of hydrogen-bond donors (Lipinski definition) is 1. The van der Waals surface area contributed by atoms with Gasteiger partial charge in [-0.25, -0.2) is 14.5 Å². The number of ether oxygens (including phenoxy) is 1. The lowest BCUT2D eigenvalue weighted by Crippen LogP contribution is -2.38. The van der Waals surface area contributed by atoms with Crippen molar-refractivity contribution in [3.05, 3.63) is 52.6 Å². The first-order valence-corrected chi connectivity index (χ1v) is 10.8. The van der Waals surface area contributed by atoms with Gasteiger partial charge in [0.1, 0.15) is 12.3 Å². The smallest absolute Gasteiger partial charge is 0.347 e. The molecule has 7 heteroatoms. The van der Waals surface area contributed by atoms with Crippen molar-refractivity contribution in [3.63, 3.8) is 0 Å². The van der Waals surface area contributed by atoms with Crippen molar-refractivity contribution in [1.82, 2.24) is 0 Å². The Morgan fingerprint density at radius 3 is 2.25 bits per heavy atom. The maximum atomic E-state index is 13.2. The van der Waals surface area contributed by atoms with E-state index in [1.807, 2.05) is 24.3 Å². The summed E-state index contributed by atoms with van der Waals surface area (Å²) in [5, 5.41) is 9.41. The molecule has 0 aromatic heterocycles. The Morgan fingerprint density at radius 2 is 1.69 bits per heavy atom. The van der Waals surface area contributed by atoms with Crippen molar-refractivity contribution in [3.8, 4) is 5.75 Å². The topological polar surface area (TPSA) is 87.2 Å². The van der Waals surface area contributed by atoms with Gasteiger partial charge in [0, 0.05) is 5.69 Å². The third kappa shape index (κ3) is 3.72. The third-order valence-electron chi connectivity index (χ3n) is 6.33. The van der Waals surface area contributed by atoms with E-state index in [0.29, 0.717) is 39.7 Å². The maximum Gasteiger partial charge on any atom is 0.347 e. The molecule has 4 rings (SSSR count). The fourth-order valence-corrected chi connectivity index (χ4v) is 4.01.